The lowest BCUT2D eigenvalue weighted by Crippen LogP contribution is -1.99. The van der Waals surface area contributed by atoms with Crippen LogP contribution in [0.2, 0.25) is 0 Å². The molecule has 0 unspecified atom stereocenters. The van der Waals surface area contributed by atoms with Crippen molar-refractivity contribution in [2.45, 2.75) is 20.3 Å². The highest BCUT2D eigenvalue weighted by atomic mass is 32.1. The van der Waals surface area contributed by atoms with Gasteiger partial charge in [-0.15, -0.1) is 11.3 Å². The first-order chi connectivity index (χ1) is 9.60. The molecule has 1 aromatic heterocycles. The number of thiazole rings is 1. The molecule has 0 fully saturated rings. The van der Waals surface area contributed by atoms with Crippen molar-refractivity contribution in [2.24, 2.45) is 0 Å². The number of anilines is 2. The number of carbonyl (C=O) groups is 1. The van der Waals surface area contributed by atoms with Crippen LogP contribution in [0.4, 0.5) is 10.8 Å². The van der Waals surface area contributed by atoms with Gasteiger partial charge in [-0.05, 0) is 26.0 Å². The highest BCUT2D eigenvalue weighted by Crippen LogP contribution is 2.31. The van der Waals surface area contributed by atoms with Crippen LogP contribution >= 0.6 is 11.3 Å². The van der Waals surface area contributed by atoms with Crippen LogP contribution in [-0.4, -0.2) is 22.7 Å². The minimum Gasteiger partial charge on any atom is -0.492 e. The lowest BCUT2D eigenvalue weighted by Gasteiger charge is -2.09. The molecule has 0 aliphatic carbocycles. The third-order valence-electron chi connectivity index (χ3n) is 2.63. The van der Waals surface area contributed by atoms with Gasteiger partial charge in [-0.1, -0.05) is 12.1 Å². The van der Waals surface area contributed by atoms with Gasteiger partial charge >= 0.3 is 5.97 Å². The van der Waals surface area contributed by atoms with E-state index >= 15 is 0 Å². The van der Waals surface area contributed by atoms with Gasteiger partial charge < -0.3 is 15.2 Å². The number of ether oxygens (including phenoxy) is 1. The number of hydrogen-bond donors (Lipinski definition) is 2. The Balaban J connectivity index is 2.20. The molecule has 6 heteroatoms. The summed E-state index contributed by atoms with van der Waals surface area (Å²) in [5.74, 6) is -0.0966. The predicted molar refractivity (Wildman–Crippen MR) is 79.1 cm³/mol. The van der Waals surface area contributed by atoms with Gasteiger partial charge in [0.2, 0.25) is 0 Å². The Kier molecular flexibility index (Phi) is 4.57. The van der Waals surface area contributed by atoms with Gasteiger partial charge in [0.1, 0.15) is 5.75 Å². The molecule has 0 aliphatic rings. The zero-order valence-electron chi connectivity index (χ0n) is 11.3. The first-order valence-corrected chi connectivity index (χ1v) is 7.08. The molecule has 0 spiro atoms. The van der Waals surface area contributed by atoms with Crippen LogP contribution in [0.5, 0.6) is 5.75 Å². The molecular weight excluding hydrogens is 276 g/mol. The Hall–Kier alpha value is -2.08. The fraction of sp³-hybridized carbons (Fsp3) is 0.286. The zero-order valence-corrected chi connectivity index (χ0v) is 12.2. The fourth-order valence-electron chi connectivity index (χ4n) is 1.75. The number of aryl methyl sites for hydroxylation is 1. The van der Waals surface area contributed by atoms with Gasteiger partial charge in [-0.25, -0.2) is 4.98 Å². The maximum absolute atomic E-state index is 10.8. The monoisotopic (exact) mass is 292 g/mol. The number of benzene rings is 1. The van der Waals surface area contributed by atoms with Gasteiger partial charge in [0.05, 0.1) is 24.4 Å². The first-order valence-electron chi connectivity index (χ1n) is 6.27. The number of aromatic nitrogens is 1. The smallest absolute Gasteiger partial charge is 0.308 e. The van der Waals surface area contributed by atoms with Crippen molar-refractivity contribution in [3.05, 3.63) is 34.8 Å². The summed E-state index contributed by atoms with van der Waals surface area (Å²) in [6.45, 7) is 4.32. The summed E-state index contributed by atoms with van der Waals surface area (Å²) in [4.78, 5) is 15.9. The zero-order chi connectivity index (χ0) is 14.5. The van der Waals surface area contributed by atoms with Crippen LogP contribution in [0.1, 0.15) is 17.5 Å². The highest BCUT2D eigenvalue weighted by molar-refractivity contribution is 7.15. The van der Waals surface area contributed by atoms with E-state index in [2.05, 4.69) is 10.3 Å². The molecular formula is C14H16N2O3S. The average Bonchev–Trinajstić information content (AvgIpc) is 2.72. The Morgan fingerprint density at radius 1 is 1.45 bits per heavy atom. The molecule has 2 N–H and O–H groups in total. The van der Waals surface area contributed by atoms with Crippen LogP contribution in [0.25, 0.3) is 0 Å². The Morgan fingerprint density at radius 2 is 2.20 bits per heavy atom. The maximum atomic E-state index is 10.8. The Morgan fingerprint density at radius 3 is 2.90 bits per heavy atom. The molecule has 0 saturated carbocycles. The topological polar surface area (TPSA) is 71.5 Å². The number of carboxylic acids is 1. The van der Waals surface area contributed by atoms with E-state index < -0.39 is 5.97 Å². The van der Waals surface area contributed by atoms with Crippen molar-refractivity contribution in [2.75, 3.05) is 11.9 Å². The van der Waals surface area contributed by atoms with Gasteiger partial charge in [0, 0.05) is 4.88 Å². The molecule has 2 rings (SSSR count). The molecule has 0 aliphatic heterocycles. The molecule has 2 aromatic rings. The summed E-state index contributed by atoms with van der Waals surface area (Å²) in [5.41, 5.74) is 1.57. The second-order valence-corrected chi connectivity index (χ2v) is 5.24. The van der Waals surface area contributed by atoms with Gasteiger partial charge in [0.15, 0.2) is 5.13 Å². The van der Waals surface area contributed by atoms with E-state index in [-0.39, 0.29) is 6.42 Å². The Labute approximate surface area is 121 Å². The summed E-state index contributed by atoms with van der Waals surface area (Å²) in [7, 11) is 0. The third-order valence-corrected chi connectivity index (χ3v) is 3.71. The van der Waals surface area contributed by atoms with E-state index in [0.29, 0.717) is 11.7 Å². The molecule has 20 heavy (non-hydrogen) atoms. The second-order valence-electron chi connectivity index (χ2n) is 4.15. The van der Waals surface area contributed by atoms with Crippen LogP contribution in [0.3, 0.4) is 0 Å². The van der Waals surface area contributed by atoms with Crippen molar-refractivity contribution in [3.63, 3.8) is 0 Å². The van der Waals surface area contributed by atoms with Crippen molar-refractivity contribution >= 4 is 28.1 Å². The van der Waals surface area contributed by atoms with Crippen molar-refractivity contribution in [3.8, 4) is 5.75 Å². The minimum atomic E-state index is -0.849. The number of rotatable bonds is 6. The largest absolute Gasteiger partial charge is 0.492 e. The lowest BCUT2D eigenvalue weighted by atomic mass is 10.3. The first kappa shape index (κ1) is 14.3. The SMILES string of the molecule is CCOc1ccccc1Nc1nc(C)c(CC(=O)O)s1. The summed E-state index contributed by atoms with van der Waals surface area (Å²) in [6.07, 6.45) is -0.00170. The minimum absolute atomic E-state index is 0.00170. The molecule has 0 bridgehead atoms. The molecule has 0 saturated heterocycles. The quantitative estimate of drug-likeness (QED) is 0.855. The summed E-state index contributed by atoms with van der Waals surface area (Å²) < 4.78 is 5.53. The normalized spacial score (nSPS) is 10.3. The van der Waals surface area contributed by atoms with E-state index in [1.165, 1.54) is 11.3 Å². The van der Waals surface area contributed by atoms with Crippen LogP contribution < -0.4 is 10.1 Å². The van der Waals surface area contributed by atoms with Gasteiger partial charge in [0.25, 0.3) is 0 Å². The van der Waals surface area contributed by atoms with Crippen LogP contribution in [0.15, 0.2) is 24.3 Å². The molecule has 5 nitrogen and oxygen atoms in total. The molecule has 1 aromatic carbocycles. The van der Waals surface area contributed by atoms with E-state index in [9.17, 15) is 4.79 Å². The van der Waals surface area contributed by atoms with E-state index in [4.69, 9.17) is 9.84 Å². The van der Waals surface area contributed by atoms with Crippen molar-refractivity contribution < 1.29 is 14.6 Å². The predicted octanol–water partition coefficient (Wildman–Crippen LogP) is 3.22. The van der Waals surface area contributed by atoms with E-state index in [0.717, 1.165) is 22.0 Å². The third kappa shape index (κ3) is 3.48. The number of nitrogens with zero attached hydrogens (tertiary/aromatic N) is 1. The highest BCUT2D eigenvalue weighted by Gasteiger charge is 2.12. The van der Waals surface area contributed by atoms with Crippen LogP contribution in [0, 0.1) is 6.92 Å². The average molecular weight is 292 g/mol. The van der Waals surface area contributed by atoms with Crippen molar-refractivity contribution in [1.82, 2.24) is 4.98 Å². The van der Waals surface area contributed by atoms with Crippen molar-refractivity contribution in [1.29, 1.82) is 0 Å². The number of carboxylic acid groups (broad SMARTS) is 1. The molecule has 0 radical (unpaired) electrons. The molecule has 1 heterocycles. The number of para-hydroxylation sites is 2. The molecule has 0 amide bonds. The molecule has 0 atom stereocenters. The number of nitrogens with one attached hydrogen (secondary N) is 1. The van der Waals surface area contributed by atoms with E-state index in [1.807, 2.05) is 38.1 Å². The van der Waals surface area contributed by atoms with Gasteiger partial charge in [-0.3, -0.25) is 4.79 Å². The summed E-state index contributed by atoms with van der Waals surface area (Å²) in [6, 6.07) is 7.59. The summed E-state index contributed by atoms with van der Waals surface area (Å²) >= 11 is 1.35. The number of hydrogen-bond acceptors (Lipinski definition) is 5. The van der Waals surface area contributed by atoms with Gasteiger partial charge in [-0.2, -0.15) is 0 Å². The Bertz CT molecular complexity index is 610. The fourth-order valence-corrected chi connectivity index (χ4v) is 2.72. The molecule has 106 valence electrons. The second kappa shape index (κ2) is 6.38. The summed E-state index contributed by atoms with van der Waals surface area (Å²) in [5, 5.41) is 12.7. The number of aliphatic carboxylic acids is 1. The van der Waals surface area contributed by atoms with E-state index in [1.54, 1.807) is 0 Å². The van der Waals surface area contributed by atoms with Crippen LogP contribution in [-0.2, 0) is 11.2 Å². The maximum Gasteiger partial charge on any atom is 0.308 e. The lowest BCUT2D eigenvalue weighted by molar-refractivity contribution is -0.136. The standard InChI is InChI=1S/C14H16N2O3S/c1-3-19-11-7-5-4-6-10(11)16-14-15-9(2)12(20-14)8-13(17)18/h4-7H,3,8H2,1-2H3,(H,15,16)(H,17,18).